The number of anilines is 1. The van der Waals surface area contributed by atoms with E-state index in [2.05, 4.69) is 15.6 Å². The minimum absolute atomic E-state index is 0.000667. The summed E-state index contributed by atoms with van der Waals surface area (Å²) < 4.78 is 41.4. The largest absolute Gasteiger partial charge is 0.417 e. The molecule has 0 saturated carbocycles. The molecule has 1 aliphatic rings. The first-order chi connectivity index (χ1) is 15.3. The Morgan fingerprint density at radius 2 is 2.06 bits per heavy atom. The third-order valence-electron chi connectivity index (χ3n) is 5.46. The summed E-state index contributed by atoms with van der Waals surface area (Å²) >= 11 is 0. The first-order valence-electron chi connectivity index (χ1n) is 10.2. The highest BCUT2D eigenvalue weighted by Crippen LogP contribution is 2.34. The van der Waals surface area contributed by atoms with Crippen LogP contribution >= 0.6 is 0 Å². The molecule has 2 N–H and O–H groups in total. The maximum Gasteiger partial charge on any atom is 0.417 e. The number of rotatable bonds is 4. The van der Waals surface area contributed by atoms with Crippen LogP contribution in [0.4, 0.5) is 18.9 Å². The van der Waals surface area contributed by atoms with Crippen LogP contribution in [0.5, 0.6) is 0 Å². The number of aromatic nitrogens is 2. The average molecular weight is 456 g/mol. The van der Waals surface area contributed by atoms with E-state index in [1.807, 2.05) is 0 Å². The lowest BCUT2D eigenvalue weighted by molar-refractivity contribution is -0.137. The minimum atomic E-state index is -4.58. The van der Waals surface area contributed by atoms with Crippen molar-refractivity contribution in [1.29, 1.82) is 5.26 Å². The predicted octanol–water partition coefficient (Wildman–Crippen LogP) is 4.07. The van der Waals surface area contributed by atoms with Crippen molar-refractivity contribution >= 4 is 26.8 Å². The van der Waals surface area contributed by atoms with Crippen molar-refractivity contribution in [3.63, 3.8) is 0 Å². The number of benzene rings is 1. The molecule has 6 nitrogen and oxygen atoms in total. The fraction of sp³-hybridized carbons (Fsp3) is 0.318. The van der Waals surface area contributed by atoms with Gasteiger partial charge in [-0.05, 0) is 49.6 Å². The minimum Gasteiger partial charge on any atom is -0.382 e. The molecule has 0 spiro atoms. The second-order valence-electron chi connectivity index (χ2n) is 7.67. The fourth-order valence-corrected chi connectivity index (χ4v) is 5.28. The lowest BCUT2D eigenvalue weighted by Crippen LogP contribution is -2.38. The number of nitriles is 1. The smallest absolute Gasteiger partial charge is 0.382 e. The zero-order chi connectivity index (χ0) is 22.7. The molecular weight excluding hydrogens is 435 g/mol. The summed E-state index contributed by atoms with van der Waals surface area (Å²) in [6.07, 6.45) is 2.86. The molecule has 3 heterocycles. The Hall–Kier alpha value is -3.32. The number of nitrogens with one attached hydrogen (secondary N) is 2. The van der Waals surface area contributed by atoms with Gasteiger partial charge in [-0.3, -0.25) is 4.79 Å². The Morgan fingerprint density at radius 3 is 2.84 bits per heavy atom. The van der Waals surface area contributed by atoms with E-state index in [1.165, 1.54) is 12.1 Å². The van der Waals surface area contributed by atoms with Gasteiger partial charge in [-0.2, -0.15) is 18.4 Å². The molecular formula is C22H20F3N5OSi. The Kier molecular flexibility index (Phi) is 6.18. The van der Waals surface area contributed by atoms with Crippen LogP contribution in [0.15, 0.2) is 48.9 Å². The molecule has 1 saturated heterocycles. The molecule has 2 radical (unpaired) electrons. The first kappa shape index (κ1) is 21.9. The number of hydrogen-bond acceptors (Lipinski definition) is 4. The zero-order valence-electron chi connectivity index (χ0n) is 17.0. The second-order valence-corrected chi connectivity index (χ2v) is 9.27. The van der Waals surface area contributed by atoms with Gasteiger partial charge in [-0.25, -0.2) is 4.98 Å². The summed E-state index contributed by atoms with van der Waals surface area (Å²) in [5.74, 6) is -0.147. The van der Waals surface area contributed by atoms with E-state index in [9.17, 15) is 18.0 Å². The van der Waals surface area contributed by atoms with Crippen molar-refractivity contribution in [2.45, 2.75) is 43.2 Å². The first-order valence-corrected chi connectivity index (χ1v) is 11.5. The standard InChI is InChI=1S/C22H20F3N5OSi/c23-22(24,25)18-11-17(3-1-14(18)12-26)28-16-4-6-20(32-10-7-16)29-21(31)15-2-5-19-27-8-9-30(19)13-15/h1-3,5,8-9,11,13,16,20,28H,4,6-7,10H2,(H,29,31)/t16-,20-/m1/s1. The number of fused-ring (bicyclic) bond motifs is 1. The number of amides is 1. The highest BCUT2D eigenvalue weighted by Gasteiger charge is 2.34. The Labute approximate surface area is 185 Å². The molecule has 10 heteroatoms. The molecule has 32 heavy (non-hydrogen) atoms. The number of alkyl halides is 3. The Morgan fingerprint density at radius 1 is 1.22 bits per heavy atom. The van der Waals surface area contributed by atoms with Gasteiger partial charge < -0.3 is 15.0 Å². The maximum absolute atomic E-state index is 13.2. The van der Waals surface area contributed by atoms with Crippen LogP contribution in [-0.2, 0) is 6.18 Å². The predicted molar refractivity (Wildman–Crippen MR) is 114 cm³/mol. The van der Waals surface area contributed by atoms with Gasteiger partial charge in [0.15, 0.2) is 0 Å². The zero-order valence-corrected chi connectivity index (χ0v) is 18.0. The van der Waals surface area contributed by atoms with E-state index in [0.717, 1.165) is 37.0 Å². The van der Waals surface area contributed by atoms with Crippen LogP contribution in [0, 0.1) is 11.3 Å². The van der Waals surface area contributed by atoms with Gasteiger partial charge >= 0.3 is 6.18 Å². The number of pyridine rings is 1. The molecule has 1 fully saturated rings. The Balaban J connectivity index is 1.37. The van der Waals surface area contributed by atoms with Crippen molar-refractivity contribution in [3.8, 4) is 6.07 Å². The molecule has 164 valence electrons. The SMILES string of the molecule is N#Cc1ccc(N[C@H]2CC[Si][C@@H](NC(=O)c3ccc4nccn4c3)CC2)cc1C(F)(F)F. The number of halogens is 3. The van der Waals surface area contributed by atoms with Gasteiger partial charge in [0.2, 0.25) is 0 Å². The third-order valence-corrected chi connectivity index (χ3v) is 6.96. The third kappa shape index (κ3) is 4.94. The van der Waals surface area contributed by atoms with Crippen molar-refractivity contribution in [2.24, 2.45) is 0 Å². The van der Waals surface area contributed by atoms with Gasteiger partial charge in [0.05, 0.1) is 32.3 Å². The lowest BCUT2D eigenvalue weighted by atomic mass is 10.0. The molecule has 1 aliphatic heterocycles. The van der Waals surface area contributed by atoms with E-state index in [0.29, 0.717) is 20.8 Å². The van der Waals surface area contributed by atoms with Gasteiger partial charge in [-0.1, -0.05) is 6.04 Å². The normalized spacial score (nSPS) is 19.2. The highest BCUT2D eigenvalue weighted by molar-refractivity contribution is 6.38. The van der Waals surface area contributed by atoms with Crippen molar-refractivity contribution in [2.75, 3.05) is 5.32 Å². The number of carbonyl (C=O) groups is 1. The summed E-state index contributed by atoms with van der Waals surface area (Å²) in [6, 6.07) is 9.70. The summed E-state index contributed by atoms with van der Waals surface area (Å²) in [7, 11) is 0.530. The summed E-state index contributed by atoms with van der Waals surface area (Å²) in [4.78, 5) is 16.8. The fourth-order valence-electron chi connectivity index (χ4n) is 3.81. The molecule has 4 rings (SSSR count). The molecule has 2 aromatic heterocycles. The van der Waals surface area contributed by atoms with Crippen molar-refractivity contribution in [3.05, 3.63) is 65.6 Å². The van der Waals surface area contributed by atoms with Crippen LogP contribution in [-0.4, -0.2) is 36.5 Å². The summed E-state index contributed by atoms with van der Waals surface area (Å²) in [5, 5.41) is 15.2. The van der Waals surface area contributed by atoms with E-state index in [4.69, 9.17) is 5.26 Å². The summed E-state index contributed by atoms with van der Waals surface area (Å²) in [6.45, 7) is 0. The van der Waals surface area contributed by atoms with Gasteiger partial charge in [-0.15, -0.1) is 0 Å². The summed E-state index contributed by atoms with van der Waals surface area (Å²) in [5.41, 5.74) is 0.377. The van der Waals surface area contributed by atoms with Crippen molar-refractivity contribution in [1.82, 2.24) is 14.7 Å². The van der Waals surface area contributed by atoms with Crippen LogP contribution in [0.25, 0.3) is 5.65 Å². The number of hydrogen-bond donors (Lipinski definition) is 2. The van der Waals surface area contributed by atoms with Crippen LogP contribution in [0.2, 0.25) is 6.04 Å². The van der Waals surface area contributed by atoms with E-state index in [-0.39, 0.29) is 23.2 Å². The molecule has 2 atom stereocenters. The molecule has 0 aliphatic carbocycles. The van der Waals surface area contributed by atoms with Crippen molar-refractivity contribution < 1.29 is 18.0 Å². The molecule has 0 bridgehead atoms. The van der Waals surface area contributed by atoms with Gasteiger partial charge in [0, 0.05) is 36.0 Å². The Bertz CT molecular complexity index is 1170. The van der Waals surface area contributed by atoms with E-state index >= 15 is 0 Å². The van der Waals surface area contributed by atoms with Crippen LogP contribution in [0.1, 0.15) is 40.7 Å². The van der Waals surface area contributed by atoms with Crippen LogP contribution in [0.3, 0.4) is 0 Å². The molecule has 3 aromatic rings. The van der Waals surface area contributed by atoms with Gasteiger partial charge in [0.25, 0.3) is 5.91 Å². The second kappa shape index (κ2) is 9.04. The van der Waals surface area contributed by atoms with Crippen LogP contribution < -0.4 is 10.6 Å². The monoisotopic (exact) mass is 455 g/mol. The number of nitrogens with zero attached hydrogens (tertiary/aromatic N) is 3. The number of imidazole rings is 1. The van der Waals surface area contributed by atoms with E-state index < -0.39 is 11.7 Å². The average Bonchev–Trinajstić information content (AvgIpc) is 3.13. The highest BCUT2D eigenvalue weighted by atomic mass is 28.2. The molecule has 1 amide bonds. The lowest BCUT2D eigenvalue weighted by Gasteiger charge is -2.20. The molecule has 1 aromatic carbocycles. The van der Waals surface area contributed by atoms with E-state index in [1.54, 1.807) is 41.2 Å². The quantitative estimate of drug-likeness (QED) is 0.581. The topological polar surface area (TPSA) is 82.2 Å². The number of carbonyl (C=O) groups excluding carboxylic acids is 1. The van der Waals surface area contributed by atoms with Gasteiger partial charge in [0.1, 0.15) is 5.65 Å². The maximum atomic E-state index is 13.2. The molecule has 0 unspecified atom stereocenters.